The Morgan fingerprint density at radius 3 is 2.00 bits per heavy atom. The molecule has 1 aromatic carbocycles. The molecule has 3 rings (SSSR count). The van der Waals surface area contributed by atoms with Gasteiger partial charge in [-0.05, 0) is 86.5 Å². The lowest BCUT2D eigenvalue weighted by Crippen LogP contribution is -2.26. The minimum Gasteiger partial charge on any atom is -0.377 e. The molecule has 0 spiro atoms. The predicted octanol–water partition coefficient (Wildman–Crippen LogP) is 9.54. The highest BCUT2D eigenvalue weighted by molar-refractivity contribution is 5.17. The summed E-state index contributed by atoms with van der Waals surface area (Å²) in [6, 6.07) is 10.7. The first kappa shape index (κ1) is 25.5. The molecule has 0 aromatic heterocycles. The Labute approximate surface area is 199 Å². The second-order valence-electron chi connectivity index (χ2n) is 11.2. The zero-order valence-corrected chi connectivity index (χ0v) is 21.2. The fourth-order valence-electron chi connectivity index (χ4n) is 6.64. The third-order valence-corrected chi connectivity index (χ3v) is 8.92. The van der Waals surface area contributed by atoms with Gasteiger partial charge in [-0.3, -0.25) is 0 Å². The van der Waals surface area contributed by atoms with Gasteiger partial charge in [-0.1, -0.05) is 88.3 Å². The molecule has 0 radical (unpaired) electrons. The van der Waals surface area contributed by atoms with Crippen molar-refractivity contribution < 1.29 is 4.74 Å². The highest BCUT2D eigenvalue weighted by Crippen LogP contribution is 2.43. The van der Waals surface area contributed by atoms with Crippen LogP contribution in [0.1, 0.15) is 115 Å². The van der Waals surface area contributed by atoms with Gasteiger partial charge in [-0.25, -0.2) is 0 Å². The highest BCUT2D eigenvalue weighted by atomic mass is 16.5. The van der Waals surface area contributed by atoms with Crippen molar-refractivity contribution in [3.05, 3.63) is 48.6 Å². The molecule has 0 bridgehead atoms. The van der Waals surface area contributed by atoms with E-state index in [-0.39, 0.29) is 6.10 Å². The number of allylic oxidation sites excluding steroid dienone is 1. The summed E-state index contributed by atoms with van der Waals surface area (Å²) in [4.78, 5) is 0. The summed E-state index contributed by atoms with van der Waals surface area (Å²) < 4.78 is 5.78. The van der Waals surface area contributed by atoms with Crippen molar-refractivity contribution in [2.24, 2.45) is 29.6 Å². The molecular formula is C31H50O. The standard InChI is InChI=1S/C31H50O/c1-4-5-7-10-26-16-20-28(21-17-26)29-22-18-27(19-23-29)15-13-25(2)14-24-31(32-3)30-11-8-6-9-12-30/h4,6,8-9,11-12,25-29,31H,1,5,7,10,13-24H2,2-3H3. The van der Waals surface area contributed by atoms with Crippen molar-refractivity contribution in [1.82, 2.24) is 0 Å². The molecule has 2 aliphatic rings. The fourth-order valence-corrected chi connectivity index (χ4v) is 6.64. The summed E-state index contributed by atoms with van der Waals surface area (Å²) in [7, 11) is 1.86. The maximum atomic E-state index is 5.78. The van der Waals surface area contributed by atoms with E-state index in [1.165, 1.54) is 95.5 Å². The molecule has 2 saturated carbocycles. The Morgan fingerprint density at radius 1 is 0.844 bits per heavy atom. The highest BCUT2D eigenvalue weighted by Gasteiger charge is 2.30. The minimum absolute atomic E-state index is 0.256. The second-order valence-corrected chi connectivity index (χ2v) is 11.2. The van der Waals surface area contributed by atoms with Gasteiger partial charge in [-0.15, -0.1) is 6.58 Å². The van der Waals surface area contributed by atoms with Crippen LogP contribution in [0.5, 0.6) is 0 Å². The molecule has 180 valence electrons. The lowest BCUT2D eigenvalue weighted by molar-refractivity contribution is 0.0886. The molecule has 0 heterocycles. The molecule has 0 saturated heterocycles. The largest absolute Gasteiger partial charge is 0.377 e. The van der Waals surface area contributed by atoms with Crippen LogP contribution in [0.2, 0.25) is 0 Å². The smallest absolute Gasteiger partial charge is 0.0821 e. The molecule has 2 fully saturated rings. The molecule has 2 unspecified atom stereocenters. The molecule has 1 nitrogen and oxygen atoms in total. The van der Waals surface area contributed by atoms with E-state index >= 15 is 0 Å². The quantitative estimate of drug-likeness (QED) is 0.220. The number of benzene rings is 1. The summed E-state index contributed by atoms with van der Waals surface area (Å²) >= 11 is 0. The van der Waals surface area contributed by atoms with Gasteiger partial charge in [0.05, 0.1) is 6.10 Å². The molecule has 2 aliphatic carbocycles. The molecule has 0 amide bonds. The summed E-state index contributed by atoms with van der Waals surface area (Å²) in [5.41, 5.74) is 1.33. The maximum Gasteiger partial charge on any atom is 0.0821 e. The average molecular weight is 439 g/mol. The summed E-state index contributed by atoms with van der Waals surface area (Å²) in [6.07, 6.45) is 23.7. The number of ether oxygens (including phenoxy) is 1. The van der Waals surface area contributed by atoms with Crippen molar-refractivity contribution in [3.63, 3.8) is 0 Å². The monoisotopic (exact) mass is 438 g/mol. The lowest BCUT2D eigenvalue weighted by atomic mass is 9.68. The van der Waals surface area contributed by atoms with Gasteiger partial charge in [0, 0.05) is 7.11 Å². The van der Waals surface area contributed by atoms with Gasteiger partial charge in [-0.2, -0.15) is 0 Å². The van der Waals surface area contributed by atoms with Crippen LogP contribution >= 0.6 is 0 Å². The van der Waals surface area contributed by atoms with Gasteiger partial charge < -0.3 is 4.74 Å². The average Bonchev–Trinajstić information content (AvgIpc) is 2.85. The van der Waals surface area contributed by atoms with Gasteiger partial charge in [0.15, 0.2) is 0 Å². The van der Waals surface area contributed by atoms with Gasteiger partial charge >= 0.3 is 0 Å². The summed E-state index contributed by atoms with van der Waals surface area (Å²) in [5.74, 6) is 4.92. The molecular weight excluding hydrogens is 388 g/mol. The van der Waals surface area contributed by atoms with E-state index in [1.807, 2.05) is 7.11 Å². The van der Waals surface area contributed by atoms with Gasteiger partial charge in [0.2, 0.25) is 0 Å². The molecule has 0 aliphatic heterocycles. The molecule has 0 N–H and O–H groups in total. The van der Waals surface area contributed by atoms with E-state index in [0.29, 0.717) is 0 Å². The Hall–Kier alpha value is -1.08. The van der Waals surface area contributed by atoms with Crippen LogP contribution in [0.15, 0.2) is 43.0 Å². The number of hydrogen-bond acceptors (Lipinski definition) is 1. The lowest BCUT2D eigenvalue weighted by Gasteiger charge is -2.38. The summed E-state index contributed by atoms with van der Waals surface area (Å²) in [5, 5.41) is 0. The first-order chi connectivity index (χ1) is 15.7. The normalized spacial score (nSPS) is 28.2. The van der Waals surface area contributed by atoms with E-state index < -0.39 is 0 Å². The first-order valence-electron chi connectivity index (χ1n) is 13.9. The van der Waals surface area contributed by atoms with E-state index in [9.17, 15) is 0 Å². The number of hydrogen-bond donors (Lipinski definition) is 0. The fraction of sp³-hybridized carbons (Fsp3) is 0.742. The zero-order valence-electron chi connectivity index (χ0n) is 21.2. The van der Waals surface area contributed by atoms with E-state index in [0.717, 1.165) is 36.0 Å². The zero-order chi connectivity index (χ0) is 22.6. The van der Waals surface area contributed by atoms with Crippen molar-refractivity contribution >= 4 is 0 Å². The van der Waals surface area contributed by atoms with Crippen LogP contribution in [0.3, 0.4) is 0 Å². The van der Waals surface area contributed by atoms with Crippen molar-refractivity contribution in [3.8, 4) is 0 Å². The van der Waals surface area contributed by atoms with E-state index in [2.05, 4.69) is 49.9 Å². The molecule has 1 aromatic rings. The molecule has 32 heavy (non-hydrogen) atoms. The Bertz CT molecular complexity index is 607. The Morgan fingerprint density at radius 2 is 1.44 bits per heavy atom. The van der Waals surface area contributed by atoms with E-state index in [4.69, 9.17) is 4.74 Å². The Kier molecular flexibility index (Phi) is 11.4. The van der Waals surface area contributed by atoms with Crippen LogP contribution in [0, 0.1) is 29.6 Å². The predicted molar refractivity (Wildman–Crippen MR) is 139 cm³/mol. The number of rotatable bonds is 13. The second kappa shape index (κ2) is 14.2. The third-order valence-electron chi connectivity index (χ3n) is 8.92. The van der Waals surface area contributed by atoms with Crippen LogP contribution in [-0.2, 0) is 4.74 Å². The van der Waals surface area contributed by atoms with Gasteiger partial charge in [0.1, 0.15) is 0 Å². The summed E-state index contributed by atoms with van der Waals surface area (Å²) in [6.45, 7) is 6.33. The molecule has 1 heteroatoms. The van der Waals surface area contributed by atoms with Crippen LogP contribution in [-0.4, -0.2) is 7.11 Å². The topological polar surface area (TPSA) is 9.23 Å². The van der Waals surface area contributed by atoms with Gasteiger partial charge in [0.25, 0.3) is 0 Å². The Balaban J connectivity index is 1.28. The number of methoxy groups -OCH3 is 1. The van der Waals surface area contributed by atoms with Crippen LogP contribution in [0.4, 0.5) is 0 Å². The van der Waals surface area contributed by atoms with Crippen molar-refractivity contribution in [1.29, 1.82) is 0 Å². The molecule has 2 atom stereocenters. The van der Waals surface area contributed by atoms with Crippen LogP contribution < -0.4 is 0 Å². The van der Waals surface area contributed by atoms with Crippen molar-refractivity contribution in [2.45, 2.75) is 109 Å². The third kappa shape index (κ3) is 8.36. The number of unbranched alkanes of at least 4 members (excludes halogenated alkanes) is 1. The SMILES string of the molecule is C=CCCCC1CCC(C2CCC(CCC(C)CCC(OC)c3ccccc3)CC2)CC1. The van der Waals surface area contributed by atoms with Crippen molar-refractivity contribution in [2.75, 3.05) is 7.11 Å². The maximum absolute atomic E-state index is 5.78. The first-order valence-corrected chi connectivity index (χ1v) is 13.9. The van der Waals surface area contributed by atoms with E-state index in [1.54, 1.807) is 0 Å². The minimum atomic E-state index is 0.256. The van der Waals surface area contributed by atoms with Crippen LogP contribution in [0.25, 0.3) is 0 Å².